The molecule has 1 heterocycles. The lowest BCUT2D eigenvalue weighted by molar-refractivity contribution is 0.0583. The van der Waals surface area contributed by atoms with E-state index in [2.05, 4.69) is 0 Å². The van der Waals surface area contributed by atoms with E-state index < -0.39 is 5.97 Å². The quantitative estimate of drug-likeness (QED) is 0.731. The summed E-state index contributed by atoms with van der Waals surface area (Å²) in [4.78, 5) is 27.5. The first-order valence-electron chi connectivity index (χ1n) is 7.15. The van der Waals surface area contributed by atoms with Crippen LogP contribution in [-0.2, 0) is 16.0 Å². The van der Waals surface area contributed by atoms with Gasteiger partial charge in [-0.25, -0.2) is 4.79 Å². The van der Waals surface area contributed by atoms with Gasteiger partial charge in [-0.1, -0.05) is 18.2 Å². The molecule has 0 fully saturated rings. The number of hydrogen-bond acceptors (Lipinski definition) is 5. The molecule has 1 aromatic heterocycles. The Labute approximate surface area is 139 Å². The van der Waals surface area contributed by atoms with Crippen molar-refractivity contribution in [3.8, 4) is 0 Å². The summed E-state index contributed by atoms with van der Waals surface area (Å²) in [6, 6.07) is 10.6. The summed E-state index contributed by atoms with van der Waals surface area (Å²) >= 11 is 1.59. The van der Waals surface area contributed by atoms with Crippen LogP contribution >= 0.6 is 11.3 Å². The minimum absolute atomic E-state index is 0.212. The molecule has 0 bridgehead atoms. The van der Waals surface area contributed by atoms with Gasteiger partial charge in [0.1, 0.15) is 0 Å². The van der Waals surface area contributed by atoms with Crippen molar-refractivity contribution in [1.29, 1.82) is 0 Å². The van der Waals surface area contributed by atoms with Crippen molar-refractivity contribution in [3.05, 3.63) is 57.8 Å². The second kappa shape index (κ2) is 8.45. The number of nitrogens with zero attached hydrogens (tertiary/aromatic N) is 1. The molecule has 0 aliphatic rings. The normalized spacial score (nSPS) is 10.3. The highest BCUT2D eigenvalue weighted by Gasteiger charge is 2.22. The first-order chi connectivity index (χ1) is 11.2. The van der Waals surface area contributed by atoms with Gasteiger partial charge in [0, 0.05) is 18.5 Å². The average Bonchev–Trinajstić information content (AvgIpc) is 3.10. The van der Waals surface area contributed by atoms with Crippen LogP contribution in [0.5, 0.6) is 0 Å². The van der Waals surface area contributed by atoms with Crippen molar-refractivity contribution >= 4 is 23.2 Å². The first kappa shape index (κ1) is 17.2. The zero-order valence-electron chi connectivity index (χ0n) is 13.2. The summed E-state index contributed by atoms with van der Waals surface area (Å²) in [7, 11) is 2.90. The van der Waals surface area contributed by atoms with Crippen molar-refractivity contribution in [2.24, 2.45) is 0 Å². The van der Waals surface area contributed by atoms with Crippen molar-refractivity contribution in [1.82, 2.24) is 4.90 Å². The third-order valence-electron chi connectivity index (χ3n) is 3.34. The van der Waals surface area contributed by atoms with E-state index >= 15 is 0 Å². The fraction of sp³-hybridized carbons (Fsp3) is 0.294. The van der Waals surface area contributed by atoms with Crippen LogP contribution in [0, 0.1) is 0 Å². The summed E-state index contributed by atoms with van der Waals surface area (Å²) in [5.41, 5.74) is 0.612. The molecule has 0 unspecified atom stereocenters. The van der Waals surface area contributed by atoms with E-state index in [0.29, 0.717) is 25.3 Å². The number of rotatable bonds is 7. The Morgan fingerprint density at radius 3 is 2.43 bits per heavy atom. The molecule has 122 valence electrons. The molecule has 6 heteroatoms. The van der Waals surface area contributed by atoms with Crippen LogP contribution in [-0.4, -0.2) is 44.1 Å². The van der Waals surface area contributed by atoms with Crippen LogP contribution in [0.25, 0.3) is 0 Å². The van der Waals surface area contributed by atoms with Gasteiger partial charge in [-0.3, -0.25) is 4.79 Å². The van der Waals surface area contributed by atoms with Gasteiger partial charge in [-0.15, -0.1) is 11.3 Å². The molecule has 0 spiro atoms. The number of carbonyl (C=O) groups excluding carboxylic acids is 2. The third kappa shape index (κ3) is 4.40. The fourth-order valence-corrected chi connectivity index (χ4v) is 2.89. The van der Waals surface area contributed by atoms with Crippen LogP contribution in [0.4, 0.5) is 0 Å². The lowest BCUT2D eigenvalue weighted by Crippen LogP contribution is -2.34. The molecular weight excluding hydrogens is 314 g/mol. The van der Waals surface area contributed by atoms with Gasteiger partial charge < -0.3 is 14.4 Å². The second-order valence-corrected chi connectivity index (χ2v) is 5.87. The van der Waals surface area contributed by atoms with Gasteiger partial charge in [0.15, 0.2) is 0 Å². The number of benzene rings is 1. The molecule has 2 rings (SSSR count). The molecule has 1 aromatic carbocycles. The molecule has 0 aliphatic heterocycles. The van der Waals surface area contributed by atoms with Crippen LogP contribution in [0.2, 0.25) is 0 Å². The predicted octanol–water partition coefficient (Wildman–Crippen LogP) is 2.82. The summed E-state index contributed by atoms with van der Waals surface area (Å²) in [6.45, 7) is 1.36. The standard InChI is InChI=1S/C17H19NO4S/c1-21-10-9-18(12-13-6-5-11-23-13)16(19)14-7-3-4-8-15(14)17(20)22-2/h3-8,11H,9-10,12H2,1-2H3. The smallest absolute Gasteiger partial charge is 0.338 e. The van der Waals surface area contributed by atoms with Crippen molar-refractivity contribution in [2.45, 2.75) is 6.54 Å². The maximum absolute atomic E-state index is 12.9. The zero-order valence-corrected chi connectivity index (χ0v) is 14.0. The van der Waals surface area contributed by atoms with Crippen LogP contribution in [0.1, 0.15) is 25.6 Å². The van der Waals surface area contributed by atoms with E-state index in [1.165, 1.54) is 7.11 Å². The highest BCUT2D eigenvalue weighted by molar-refractivity contribution is 7.09. The summed E-state index contributed by atoms with van der Waals surface area (Å²) < 4.78 is 9.86. The molecule has 0 aliphatic carbocycles. The number of methoxy groups -OCH3 is 2. The predicted molar refractivity (Wildman–Crippen MR) is 88.7 cm³/mol. The van der Waals surface area contributed by atoms with E-state index in [9.17, 15) is 9.59 Å². The number of esters is 1. The lowest BCUT2D eigenvalue weighted by Gasteiger charge is -2.22. The number of hydrogen-bond donors (Lipinski definition) is 0. The molecule has 2 aromatic rings. The highest BCUT2D eigenvalue weighted by Crippen LogP contribution is 2.17. The number of ether oxygens (including phenoxy) is 2. The van der Waals surface area contributed by atoms with Crippen molar-refractivity contribution in [2.75, 3.05) is 27.4 Å². The molecule has 0 saturated heterocycles. The van der Waals surface area contributed by atoms with E-state index in [-0.39, 0.29) is 11.5 Å². The van der Waals surface area contributed by atoms with Gasteiger partial charge in [0.05, 0.1) is 31.4 Å². The largest absolute Gasteiger partial charge is 0.465 e. The molecule has 1 amide bonds. The minimum Gasteiger partial charge on any atom is -0.465 e. The van der Waals surface area contributed by atoms with Crippen LogP contribution in [0.15, 0.2) is 41.8 Å². The van der Waals surface area contributed by atoms with Crippen molar-refractivity contribution in [3.63, 3.8) is 0 Å². The highest BCUT2D eigenvalue weighted by atomic mass is 32.1. The fourth-order valence-electron chi connectivity index (χ4n) is 2.17. The number of carbonyl (C=O) groups is 2. The lowest BCUT2D eigenvalue weighted by atomic mass is 10.1. The topological polar surface area (TPSA) is 55.8 Å². The number of thiophene rings is 1. The van der Waals surface area contributed by atoms with Gasteiger partial charge >= 0.3 is 5.97 Å². The Morgan fingerprint density at radius 1 is 1.09 bits per heavy atom. The maximum Gasteiger partial charge on any atom is 0.338 e. The SMILES string of the molecule is COCCN(Cc1cccs1)C(=O)c1ccccc1C(=O)OC. The van der Waals surface area contributed by atoms with Gasteiger partial charge in [-0.05, 0) is 23.6 Å². The summed E-state index contributed by atoms with van der Waals surface area (Å²) in [5.74, 6) is -0.729. The van der Waals surface area contributed by atoms with Gasteiger partial charge in [0.25, 0.3) is 5.91 Å². The van der Waals surface area contributed by atoms with Crippen molar-refractivity contribution < 1.29 is 19.1 Å². The van der Waals surface area contributed by atoms with Gasteiger partial charge in [0.2, 0.25) is 0 Å². The average molecular weight is 333 g/mol. The summed E-state index contributed by atoms with van der Waals surface area (Å²) in [5, 5.41) is 1.97. The molecule has 23 heavy (non-hydrogen) atoms. The molecule has 0 radical (unpaired) electrons. The molecular formula is C17H19NO4S. The first-order valence-corrected chi connectivity index (χ1v) is 8.03. The Hall–Kier alpha value is -2.18. The minimum atomic E-state index is -0.517. The van der Waals surface area contributed by atoms with E-state index in [0.717, 1.165) is 4.88 Å². The van der Waals surface area contributed by atoms with Crippen LogP contribution in [0.3, 0.4) is 0 Å². The second-order valence-electron chi connectivity index (χ2n) is 4.84. The Bertz CT molecular complexity index is 654. The van der Waals surface area contributed by atoms with E-state index in [4.69, 9.17) is 9.47 Å². The molecule has 5 nitrogen and oxygen atoms in total. The van der Waals surface area contributed by atoms with Crippen LogP contribution < -0.4 is 0 Å². The maximum atomic E-state index is 12.9. The Morgan fingerprint density at radius 2 is 1.83 bits per heavy atom. The zero-order chi connectivity index (χ0) is 16.7. The molecule has 0 saturated carbocycles. The molecule has 0 atom stereocenters. The van der Waals surface area contributed by atoms with E-state index in [1.54, 1.807) is 47.6 Å². The summed E-state index contributed by atoms with van der Waals surface area (Å²) in [6.07, 6.45) is 0. The number of amides is 1. The Balaban J connectivity index is 2.27. The van der Waals surface area contributed by atoms with E-state index in [1.807, 2.05) is 17.5 Å². The monoisotopic (exact) mass is 333 g/mol. The third-order valence-corrected chi connectivity index (χ3v) is 4.20. The Kier molecular flexibility index (Phi) is 6.31. The molecule has 0 N–H and O–H groups in total. The van der Waals surface area contributed by atoms with Gasteiger partial charge in [-0.2, -0.15) is 0 Å².